The maximum absolute atomic E-state index is 13.1. The molecule has 3 aromatic carbocycles. The Kier molecular flexibility index (Phi) is 6.81. The first kappa shape index (κ1) is 24.1. The molecule has 0 bridgehead atoms. The van der Waals surface area contributed by atoms with Gasteiger partial charge < -0.3 is 10.6 Å². The molecule has 0 spiro atoms. The topological polar surface area (TPSA) is 58.2 Å². The minimum absolute atomic E-state index is 0.247. The second-order valence-electron chi connectivity index (χ2n) is 7.48. The summed E-state index contributed by atoms with van der Waals surface area (Å²) in [7, 11) is 0. The van der Waals surface area contributed by atoms with Crippen molar-refractivity contribution in [2.24, 2.45) is 5.92 Å². The lowest BCUT2D eigenvalue weighted by Crippen LogP contribution is -2.17. The number of nitrogens with one attached hydrogen (secondary N) is 2. The van der Waals surface area contributed by atoms with Crippen LogP contribution in [0.2, 0.25) is 15.1 Å². The number of amides is 2. The van der Waals surface area contributed by atoms with Gasteiger partial charge in [-0.05, 0) is 66.2 Å². The van der Waals surface area contributed by atoms with Crippen molar-refractivity contribution in [3.8, 4) is 0 Å². The highest BCUT2D eigenvalue weighted by Crippen LogP contribution is 2.65. The van der Waals surface area contributed by atoms with Crippen molar-refractivity contribution in [2.75, 3.05) is 10.6 Å². The van der Waals surface area contributed by atoms with Crippen LogP contribution in [0.1, 0.15) is 21.8 Å². The highest BCUT2D eigenvalue weighted by Gasteiger charge is 2.67. The fraction of sp³-hybridized carbons (Fsp3) is 0.130. The summed E-state index contributed by atoms with van der Waals surface area (Å²) in [6.07, 6.45) is 0. The number of carbonyl (C=O) groups excluding carboxylic acids is 2. The molecule has 0 radical (unpaired) electrons. The Bertz CT molecular complexity index is 1230. The lowest BCUT2D eigenvalue weighted by Gasteiger charge is -2.11. The molecule has 10 heteroatoms. The van der Waals surface area contributed by atoms with Crippen LogP contribution in [0.4, 0.5) is 15.8 Å². The van der Waals surface area contributed by atoms with E-state index < -0.39 is 33.8 Å². The minimum atomic E-state index is -1.33. The van der Waals surface area contributed by atoms with Crippen molar-refractivity contribution in [1.29, 1.82) is 0 Å². The third kappa shape index (κ3) is 5.23. The number of hydrogen-bond acceptors (Lipinski definition) is 2. The Morgan fingerprint density at radius 3 is 2.12 bits per heavy atom. The van der Waals surface area contributed by atoms with Gasteiger partial charge in [0, 0.05) is 27.2 Å². The smallest absolute Gasteiger partial charge is 0.255 e. The van der Waals surface area contributed by atoms with Gasteiger partial charge >= 0.3 is 0 Å². The van der Waals surface area contributed by atoms with E-state index in [4.69, 9.17) is 58.0 Å². The fourth-order valence-corrected chi connectivity index (χ4v) is 5.07. The maximum atomic E-state index is 13.1. The predicted octanol–water partition coefficient (Wildman–Crippen LogP) is 7.56. The molecule has 2 unspecified atom stereocenters. The minimum Gasteiger partial charge on any atom is -0.326 e. The average Bonchev–Trinajstić information content (AvgIpc) is 3.32. The summed E-state index contributed by atoms with van der Waals surface area (Å²) in [5, 5.41) is 6.46. The molecule has 0 heterocycles. The van der Waals surface area contributed by atoms with Crippen molar-refractivity contribution >= 4 is 81.2 Å². The zero-order valence-electron chi connectivity index (χ0n) is 16.5. The van der Waals surface area contributed by atoms with Gasteiger partial charge in [0.05, 0.1) is 16.6 Å². The summed E-state index contributed by atoms with van der Waals surface area (Å²) in [5.41, 5.74) is 1.54. The van der Waals surface area contributed by atoms with Crippen molar-refractivity contribution in [3.05, 3.63) is 92.7 Å². The van der Waals surface area contributed by atoms with Crippen LogP contribution in [0, 0.1) is 11.7 Å². The molecule has 2 atom stereocenters. The highest BCUT2D eigenvalue weighted by atomic mass is 35.5. The van der Waals surface area contributed by atoms with E-state index in [0.29, 0.717) is 21.3 Å². The average molecular weight is 547 g/mol. The first-order chi connectivity index (χ1) is 15.6. The molecule has 1 fully saturated rings. The summed E-state index contributed by atoms with van der Waals surface area (Å²) >= 11 is 31.1. The van der Waals surface area contributed by atoms with Gasteiger partial charge in [0.15, 0.2) is 0 Å². The molecule has 1 aliphatic carbocycles. The number of carbonyl (C=O) groups is 2. The van der Waals surface area contributed by atoms with Crippen molar-refractivity contribution < 1.29 is 14.0 Å². The Balaban J connectivity index is 1.49. The summed E-state index contributed by atoms with van der Waals surface area (Å²) in [5.74, 6) is -2.60. The predicted molar refractivity (Wildman–Crippen MR) is 132 cm³/mol. The molecule has 0 aromatic heterocycles. The third-order valence-corrected chi connectivity index (χ3v) is 6.87. The summed E-state index contributed by atoms with van der Waals surface area (Å²) in [6, 6.07) is 14.5. The molecular weight excluding hydrogens is 533 g/mol. The zero-order chi connectivity index (χ0) is 23.9. The van der Waals surface area contributed by atoms with Gasteiger partial charge in [-0.2, -0.15) is 0 Å². The van der Waals surface area contributed by atoms with Gasteiger partial charge in [-0.1, -0.05) is 34.8 Å². The number of halogens is 6. The Morgan fingerprint density at radius 1 is 0.848 bits per heavy atom. The normalized spacial score (nSPS) is 18.5. The first-order valence-corrected chi connectivity index (χ1v) is 11.5. The molecule has 2 N–H and O–H groups in total. The number of hydrogen-bond donors (Lipinski definition) is 2. The van der Waals surface area contributed by atoms with Crippen LogP contribution in [-0.2, 0) is 4.79 Å². The van der Waals surface area contributed by atoms with Crippen LogP contribution in [-0.4, -0.2) is 16.1 Å². The summed E-state index contributed by atoms with van der Waals surface area (Å²) < 4.78 is 11.8. The van der Waals surface area contributed by atoms with E-state index in [1.807, 2.05) is 0 Å². The molecule has 0 aliphatic heterocycles. The number of rotatable bonds is 5. The van der Waals surface area contributed by atoms with Crippen molar-refractivity contribution in [2.45, 2.75) is 10.3 Å². The lowest BCUT2D eigenvalue weighted by atomic mass is 10.1. The van der Waals surface area contributed by atoms with E-state index in [0.717, 1.165) is 0 Å². The van der Waals surface area contributed by atoms with Crippen molar-refractivity contribution in [1.82, 2.24) is 0 Å². The van der Waals surface area contributed by atoms with Gasteiger partial charge in [0.1, 0.15) is 10.2 Å². The standard InChI is InChI=1S/C23H14Cl5FN2O2/c24-13-7-12(8-14(25)9-13)19-20(23(19,27)28)22(33)30-16-5-6-17(26)18(10-16)31-21(32)11-1-3-15(29)4-2-11/h1-10,19-20H,(H,30,33)(H,31,32). The monoisotopic (exact) mass is 544 g/mol. The quantitative estimate of drug-likeness (QED) is 0.325. The Hall–Kier alpha value is -2.02. The van der Waals surface area contributed by atoms with E-state index in [1.165, 1.54) is 36.4 Å². The molecule has 0 saturated heterocycles. The van der Waals surface area contributed by atoms with Crippen LogP contribution in [0.3, 0.4) is 0 Å². The van der Waals surface area contributed by atoms with E-state index in [2.05, 4.69) is 10.6 Å². The Labute approximate surface area is 213 Å². The number of alkyl halides is 2. The van der Waals surface area contributed by atoms with E-state index >= 15 is 0 Å². The van der Waals surface area contributed by atoms with Crippen LogP contribution < -0.4 is 10.6 Å². The van der Waals surface area contributed by atoms with Gasteiger partial charge in [-0.15, -0.1) is 23.2 Å². The van der Waals surface area contributed by atoms with E-state index in [9.17, 15) is 14.0 Å². The van der Waals surface area contributed by atoms with Gasteiger partial charge in [-0.3, -0.25) is 9.59 Å². The SMILES string of the molecule is O=C(Nc1cc(NC(=O)C2C(c3cc(Cl)cc(Cl)c3)C2(Cl)Cl)ccc1Cl)c1ccc(F)cc1. The van der Waals surface area contributed by atoms with E-state index in [-0.39, 0.29) is 16.3 Å². The number of benzene rings is 3. The van der Waals surface area contributed by atoms with Gasteiger partial charge in [0.25, 0.3) is 5.91 Å². The summed E-state index contributed by atoms with van der Waals surface area (Å²) in [4.78, 5) is 25.3. The van der Waals surface area contributed by atoms with Crippen LogP contribution in [0.25, 0.3) is 0 Å². The summed E-state index contributed by atoms with van der Waals surface area (Å²) in [6.45, 7) is 0. The molecule has 33 heavy (non-hydrogen) atoms. The molecule has 2 amide bonds. The second kappa shape index (κ2) is 9.32. The lowest BCUT2D eigenvalue weighted by molar-refractivity contribution is -0.117. The molecule has 4 nitrogen and oxygen atoms in total. The van der Waals surface area contributed by atoms with Crippen molar-refractivity contribution in [3.63, 3.8) is 0 Å². The molecule has 3 aromatic rings. The van der Waals surface area contributed by atoms with Crippen LogP contribution in [0.5, 0.6) is 0 Å². The fourth-order valence-electron chi connectivity index (χ4n) is 3.54. The first-order valence-electron chi connectivity index (χ1n) is 9.57. The van der Waals surface area contributed by atoms with E-state index in [1.54, 1.807) is 24.3 Å². The molecule has 4 rings (SSSR count). The van der Waals surface area contributed by atoms with Crippen LogP contribution >= 0.6 is 58.0 Å². The molecule has 1 aliphatic rings. The largest absolute Gasteiger partial charge is 0.326 e. The van der Waals surface area contributed by atoms with Gasteiger partial charge in [0.2, 0.25) is 5.91 Å². The third-order valence-electron chi connectivity index (χ3n) is 5.17. The second-order valence-corrected chi connectivity index (χ2v) is 10.2. The molecule has 1 saturated carbocycles. The number of anilines is 2. The maximum Gasteiger partial charge on any atom is 0.255 e. The molecule has 170 valence electrons. The zero-order valence-corrected chi connectivity index (χ0v) is 20.3. The highest BCUT2D eigenvalue weighted by molar-refractivity contribution is 6.53. The Morgan fingerprint density at radius 2 is 1.48 bits per heavy atom. The molecular formula is C23H14Cl5FN2O2. The van der Waals surface area contributed by atoms with Crippen LogP contribution in [0.15, 0.2) is 60.7 Å². The van der Waals surface area contributed by atoms with Gasteiger partial charge in [-0.25, -0.2) is 4.39 Å².